The monoisotopic (exact) mass is 422 g/mol. The van der Waals surface area contributed by atoms with Crippen LogP contribution in [0.1, 0.15) is 13.3 Å². The van der Waals surface area contributed by atoms with Crippen LogP contribution in [0.3, 0.4) is 0 Å². The van der Waals surface area contributed by atoms with E-state index >= 15 is 0 Å². The number of hydrogen-bond donors (Lipinski definition) is 3. The van der Waals surface area contributed by atoms with E-state index in [-0.39, 0.29) is 23.0 Å². The minimum absolute atomic E-state index is 0.0505. The predicted molar refractivity (Wildman–Crippen MR) is 120 cm³/mol. The number of allylic oxidation sites excluding steroid dienone is 1. The van der Waals surface area contributed by atoms with Crippen molar-refractivity contribution in [2.45, 2.75) is 13.3 Å². The van der Waals surface area contributed by atoms with Gasteiger partial charge in [0, 0.05) is 5.56 Å². The average Bonchev–Trinajstić information content (AvgIpc) is 2.77. The minimum Gasteiger partial charge on any atom is -0.508 e. The van der Waals surface area contributed by atoms with Gasteiger partial charge in [-0.25, -0.2) is 0 Å². The third-order valence-electron chi connectivity index (χ3n) is 4.81. The summed E-state index contributed by atoms with van der Waals surface area (Å²) in [6.45, 7) is 2.38. The molecular weight excluding hydrogens is 396 g/mol. The molecule has 0 aromatic heterocycles. The van der Waals surface area contributed by atoms with Gasteiger partial charge in [0.05, 0.1) is 19.8 Å². The molecule has 3 rings (SSSR count). The van der Waals surface area contributed by atoms with Gasteiger partial charge >= 0.3 is 0 Å². The van der Waals surface area contributed by atoms with Gasteiger partial charge in [0.1, 0.15) is 18.1 Å². The Morgan fingerprint density at radius 1 is 0.806 bits per heavy atom. The lowest BCUT2D eigenvalue weighted by Gasteiger charge is -2.18. The zero-order chi connectivity index (χ0) is 22.4. The number of phenols is 3. The summed E-state index contributed by atoms with van der Waals surface area (Å²) in [5.74, 6) is 0.967. The highest BCUT2D eigenvalue weighted by molar-refractivity contribution is 5.88. The molecule has 0 unspecified atom stereocenters. The van der Waals surface area contributed by atoms with E-state index in [0.29, 0.717) is 34.8 Å². The van der Waals surface area contributed by atoms with Crippen LogP contribution in [0, 0.1) is 0 Å². The standard InChI is InChI=1S/C25H26O6/c1-4-5-6-13-31-21-12-9-17(14-20(21)27)23-22(29-2)15-19(25(30-3)24(23)28)16-7-10-18(26)11-8-16/h5-12,14-15,26-28H,4,13H2,1-3H3. The third-order valence-corrected chi connectivity index (χ3v) is 4.81. The molecule has 3 aromatic rings. The van der Waals surface area contributed by atoms with Crippen LogP contribution in [0.4, 0.5) is 0 Å². The Morgan fingerprint density at radius 3 is 2.13 bits per heavy atom. The fourth-order valence-electron chi connectivity index (χ4n) is 3.30. The van der Waals surface area contributed by atoms with E-state index in [1.54, 1.807) is 42.5 Å². The van der Waals surface area contributed by atoms with Crippen molar-refractivity contribution in [3.05, 3.63) is 60.7 Å². The van der Waals surface area contributed by atoms with Gasteiger partial charge in [-0.05, 0) is 47.9 Å². The molecular formula is C25H26O6. The fraction of sp³-hybridized carbons (Fsp3) is 0.200. The molecule has 0 fully saturated rings. The third kappa shape index (κ3) is 4.69. The lowest BCUT2D eigenvalue weighted by atomic mass is 9.96. The molecule has 0 atom stereocenters. The van der Waals surface area contributed by atoms with Crippen LogP contribution in [0.15, 0.2) is 60.7 Å². The Bertz CT molecular complexity index is 1070. The van der Waals surface area contributed by atoms with Crippen LogP contribution in [0.2, 0.25) is 0 Å². The summed E-state index contributed by atoms with van der Waals surface area (Å²) in [6.07, 6.45) is 4.78. The molecule has 0 radical (unpaired) electrons. The molecule has 0 spiro atoms. The molecule has 0 aliphatic carbocycles. The molecule has 0 heterocycles. The normalized spacial score (nSPS) is 10.9. The van der Waals surface area contributed by atoms with Gasteiger partial charge in [-0.1, -0.05) is 37.3 Å². The number of methoxy groups -OCH3 is 2. The highest BCUT2D eigenvalue weighted by Gasteiger charge is 2.22. The molecule has 0 aliphatic heterocycles. The summed E-state index contributed by atoms with van der Waals surface area (Å²) >= 11 is 0. The molecule has 162 valence electrons. The Balaban J connectivity index is 2.06. The van der Waals surface area contributed by atoms with E-state index in [0.717, 1.165) is 12.0 Å². The molecule has 0 bridgehead atoms. The molecule has 31 heavy (non-hydrogen) atoms. The van der Waals surface area contributed by atoms with E-state index in [4.69, 9.17) is 14.2 Å². The number of benzene rings is 3. The Labute approximate surface area is 181 Å². The predicted octanol–water partition coefficient (Wildman–Crippen LogP) is 5.50. The van der Waals surface area contributed by atoms with E-state index in [1.165, 1.54) is 20.3 Å². The highest BCUT2D eigenvalue weighted by atomic mass is 16.5. The molecule has 3 aromatic carbocycles. The van der Waals surface area contributed by atoms with E-state index in [2.05, 4.69) is 0 Å². The van der Waals surface area contributed by atoms with Crippen LogP contribution < -0.4 is 14.2 Å². The van der Waals surface area contributed by atoms with Crippen LogP contribution in [-0.4, -0.2) is 36.1 Å². The van der Waals surface area contributed by atoms with Crippen LogP contribution in [0.25, 0.3) is 22.3 Å². The zero-order valence-electron chi connectivity index (χ0n) is 17.8. The molecule has 0 saturated heterocycles. The van der Waals surface area contributed by atoms with Crippen LogP contribution in [0.5, 0.6) is 34.5 Å². The lowest BCUT2D eigenvalue weighted by molar-refractivity contribution is 0.336. The van der Waals surface area contributed by atoms with E-state index < -0.39 is 0 Å². The number of rotatable bonds is 8. The first-order valence-corrected chi connectivity index (χ1v) is 9.88. The molecule has 0 amide bonds. The van der Waals surface area contributed by atoms with Crippen molar-refractivity contribution in [2.75, 3.05) is 20.8 Å². The lowest BCUT2D eigenvalue weighted by Crippen LogP contribution is -1.96. The van der Waals surface area contributed by atoms with Crippen molar-refractivity contribution in [2.24, 2.45) is 0 Å². The first-order valence-electron chi connectivity index (χ1n) is 9.88. The van der Waals surface area contributed by atoms with Gasteiger partial charge < -0.3 is 29.5 Å². The van der Waals surface area contributed by atoms with Crippen molar-refractivity contribution in [1.82, 2.24) is 0 Å². The van der Waals surface area contributed by atoms with Gasteiger partial charge in [-0.3, -0.25) is 0 Å². The molecule has 6 nitrogen and oxygen atoms in total. The van der Waals surface area contributed by atoms with E-state index in [1.807, 2.05) is 19.1 Å². The maximum Gasteiger partial charge on any atom is 0.170 e. The maximum absolute atomic E-state index is 11.0. The first-order chi connectivity index (χ1) is 15.0. The zero-order valence-corrected chi connectivity index (χ0v) is 17.8. The van der Waals surface area contributed by atoms with Gasteiger partial charge in [0.15, 0.2) is 23.0 Å². The number of phenolic OH excluding ortho intramolecular Hbond substituents is 3. The minimum atomic E-state index is -0.121. The second-order valence-electron chi connectivity index (χ2n) is 6.80. The Kier molecular flexibility index (Phi) is 6.92. The molecule has 3 N–H and O–H groups in total. The van der Waals surface area contributed by atoms with Crippen molar-refractivity contribution in [3.8, 4) is 56.8 Å². The smallest absolute Gasteiger partial charge is 0.170 e. The summed E-state index contributed by atoms with van der Waals surface area (Å²) in [5, 5.41) is 31.0. The second kappa shape index (κ2) is 9.80. The average molecular weight is 422 g/mol. The summed E-state index contributed by atoms with van der Waals surface area (Å²) in [7, 11) is 2.97. The van der Waals surface area contributed by atoms with Gasteiger partial charge in [-0.15, -0.1) is 0 Å². The number of ether oxygens (including phenoxy) is 3. The maximum atomic E-state index is 11.0. The van der Waals surface area contributed by atoms with Crippen molar-refractivity contribution in [3.63, 3.8) is 0 Å². The Hall–Kier alpha value is -3.80. The molecule has 0 saturated carbocycles. The van der Waals surface area contributed by atoms with Crippen LogP contribution >= 0.6 is 0 Å². The summed E-state index contributed by atoms with van der Waals surface area (Å²) in [4.78, 5) is 0. The summed E-state index contributed by atoms with van der Waals surface area (Å²) in [5.41, 5.74) is 2.27. The SMILES string of the molecule is CCC=CCOc1ccc(-c2c(OC)cc(-c3ccc(O)cc3)c(OC)c2O)cc1O. The van der Waals surface area contributed by atoms with Crippen molar-refractivity contribution < 1.29 is 29.5 Å². The summed E-state index contributed by atoms with van der Waals surface area (Å²) < 4.78 is 16.6. The quantitative estimate of drug-likeness (QED) is 0.416. The van der Waals surface area contributed by atoms with E-state index in [9.17, 15) is 15.3 Å². The topological polar surface area (TPSA) is 88.4 Å². The molecule has 0 aliphatic rings. The van der Waals surface area contributed by atoms with Crippen molar-refractivity contribution in [1.29, 1.82) is 0 Å². The summed E-state index contributed by atoms with van der Waals surface area (Å²) in [6, 6.07) is 13.2. The second-order valence-corrected chi connectivity index (χ2v) is 6.80. The van der Waals surface area contributed by atoms with Crippen molar-refractivity contribution >= 4 is 0 Å². The highest BCUT2D eigenvalue weighted by Crippen LogP contribution is 2.50. The Morgan fingerprint density at radius 2 is 1.52 bits per heavy atom. The van der Waals surface area contributed by atoms with Gasteiger partial charge in [0.2, 0.25) is 0 Å². The molecule has 6 heteroatoms. The largest absolute Gasteiger partial charge is 0.508 e. The number of hydrogen-bond acceptors (Lipinski definition) is 6. The van der Waals surface area contributed by atoms with Gasteiger partial charge in [-0.2, -0.15) is 0 Å². The number of aromatic hydroxyl groups is 3. The fourth-order valence-corrected chi connectivity index (χ4v) is 3.30. The van der Waals surface area contributed by atoms with Crippen LogP contribution in [-0.2, 0) is 0 Å². The first kappa shape index (κ1) is 21.9. The van der Waals surface area contributed by atoms with Gasteiger partial charge in [0.25, 0.3) is 0 Å².